The maximum Gasteiger partial charge on any atom is 0.289 e. The predicted octanol–water partition coefficient (Wildman–Crippen LogP) is 3.19. The van der Waals surface area contributed by atoms with Crippen molar-refractivity contribution in [1.82, 2.24) is 0 Å². The second-order valence-corrected chi connectivity index (χ2v) is 6.08. The SMILES string of the molecule is N#Cc1c(N)[nH+]c2c(c1-c1ccc([N+](=O)[O-])cc1)CCCCCC2. The fourth-order valence-corrected chi connectivity index (χ4v) is 3.37. The van der Waals surface area contributed by atoms with E-state index in [9.17, 15) is 15.4 Å². The van der Waals surface area contributed by atoms with E-state index in [1.165, 1.54) is 25.0 Å². The summed E-state index contributed by atoms with van der Waals surface area (Å²) in [7, 11) is 0. The number of hydrogen-bond acceptors (Lipinski definition) is 4. The maximum absolute atomic E-state index is 10.9. The zero-order chi connectivity index (χ0) is 17.1. The molecular formula is C18H19N4O2+. The van der Waals surface area contributed by atoms with Crippen molar-refractivity contribution in [3.05, 3.63) is 51.2 Å². The van der Waals surface area contributed by atoms with Gasteiger partial charge in [-0.1, -0.05) is 12.8 Å². The third-order valence-corrected chi connectivity index (χ3v) is 4.55. The Morgan fingerprint density at radius 2 is 1.79 bits per heavy atom. The molecule has 1 aromatic heterocycles. The zero-order valence-corrected chi connectivity index (χ0v) is 13.3. The molecule has 2 aromatic rings. The summed E-state index contributed by atoms with van der Waals surface area (Å²) < 4.78 is 0. The average Bonchev–Trinajstić information content (AvgIpc) is 2.56. The van der Waals surface area contributed by atoms with E-state index in [4.69, 9.17) is 5.73 Å². The van der Waals surface area contributed by atoms with Crippen LogP contribution in [0.1, 0.15) is 42.5 Å². The highest BCUT2D eigenvalue weighted by molar-refractivity contribution is 5.78. The van der Waals surface area contributed by atoms with Crippen LogP contribution in [0.15, 0.2) is 24.3 Å². The van der Waals surface area contributed by atoms with Gasteiger partial charge in [-0.25, -0.2) is 4.98 Å². The second-order valence-electron chi connectivity index (χ2n) is 6.08. The number of H-pyrrole nitrogens is 1. The number of pyridine rings is 1. The molecule has 122 valence electrons. The molecule has 1 aliphatic rings. The molecule has 0 bridgehead atoms. The number of aryl methyl sites for hydroxylation is 1. The topological polar surface area (TPSA) is 107 Å². The van der Waals surface area contributed by atoms with Crippen molar-refractivity contribution in [3.8, 4) is 17.2 Å². The Labute approximate surface area is 140 Å². The number of rotatable bonds is 2. The number of nitrogen functional groups attached to an aromatic ring is 1. The molecule has 0 fully saturated rings. The minimum atomic E-state index is -0.424. The monoisotopic (exact) mass is 323 g/mol. The summed E-state index contributed by atoms with van der Waals surface area (Å²) in [5.74, 6) is 0.366. The summed E-state index contributed by atoms with van der Waals surface area (Å²) in [5.41, 5.74) is 10.4. The van der Waals surface area contributed by atoms with Gasteiger partial charge in [0.1, 0.15) is 17.3 Å². The molecule has 0 saturated carbocycles. The number of aromatic amines is 1. The molecule has 0 saturated heterocycles. The maximum atomic E-state index is 10.9. The number of nitrogens with zero attached hydrogens (tertiary/aromatic N) is 2. The van der Waals surface area contributed by atoms with Crippen LogP contribution in [0.2, 0.25) is 0 Å². The van der Waals surface area contributed by atoms with Gasteiger partial charge in [-0.05, 0) is 37.0 Å². The van der Waals surface area contributed by atoms with Gasteiger partial charge in [-0.15, -0.1) is 0 Å². The molecule has 0 amide bonds. The highest BCUT2D eigenvalue weighted by Crippen LogP contribution is 2.34. The Hall–Kier alpha value is -2.94. The van der Waals surface area contributed by atoms with Crippen LogP contribution in [0.25, 0.3) is 11.1 Å². The summed E-state index contributed by atoms with van der Waals surface area (Å²) in [5, 5.41) is 20.4. The summed E-state index contributed by atoms with van der Waals surface area (Å²) >= 11 is 0. The predicted molar refractivity (Wildman–Crippen MR) is 90.1 cm³/mol. The lowest BCUT2D eigenvalue weighted by Crippen LogP contribution is -2.23. The molecule has 0 atom stereocenters. The average molecular weight is 323 g/mol. The number of nitro groups is 1. The Bertz CT molecular complexity index is 822. The van der Waals surface area contributed by atoms with Gasteiger partial charge in [0.2, 0.25) is 0 Å². The number of nitrogens with one attached hydrogen (secondary N) is 1. The molecule has 1 heterocycles. The number of non-ortho nitro benzene ring substituents is 1. The van der Waals surface area contributed by atoms with Crippen LogP contribution in [-0.4, -0.2) is 4.92 Å². The summed E-state index contributed by atoms with van der Waals surface area (Å²) in [6, 6.07) is 8.54. The number of nitro benzene ring substituents is 1. The second kappa shape index (κ2) is 6.67. The third-order valence-electron chi connectivity index (χ3n) is 4.55. The fraction of sp³-hybridized carbons (Fsp3) is 0.333. The van der Waals surface area contributed by atoms with E-state index in [2.05, 4.69) is 11.1 Å². The Kier molecular flexibility index (Phi) is 4.43. The van der Waals surface area contributed by atoms with Gasteiger partial charge < -0.3 is 0 Å². The van der Waals surface area contributed by atoms with E-state index in [1.54, 1.807) is 12.1 Å². The van der Waals surface area contributed by atoms with Gasteiger partial charge in [0.15, 0.2) is 0 Å². The largest absolute Gasteiger partial charge is 0.289 e. The highest BCUT2D eigenvalue weighted by atomic mass is 16.6. The van der Waals surface area contributed by atoms with Crippen molar-refractivity contribution < 1.29 is 9.91 Å². The molecule has 6 nitrogen and oxygen atoms in total. The Morgan fingerprint density at radius 3 is 2.42 bits per heavy atom. The number of anilines is 1. The van der Waals surface area contributed by atoms with Crippen LogP contribution in [0.5, 0.6) is 0 Å². The zero-order valence-electron chi connectivity index (χ0n) is 13.3. The van der Waals surface area contributed by atoms with E-state index in [1.807, 2.05) is 0 Å². The quantitative estimate of drug-likeness (QED) is 0.676. The van der Waals surface area contributed by atoms with Gasteiger partial charge in [-0.3, -0.25) is 15.8 Å². The summed E-state index contributed by atoms with van der Waals surface area (Å²) in [6.45, 7) is 0. The lowest BCUT2D eigenvalue weighted by molar-refractivity contribution is -0.384. The van der Waals surface area contributed by atoms with E-state index in [0.29, 0.717) is 11.4 Å². The number of fused-ring (bicyclic) bond motifs is 1. The van der Waals surface area contributed by atoms with Gasteiger partial charge in [0.25, 0.3) is 11.5 Å². The molecule has 3 rings (SSSR count). The van der Waals surface area contributed by atoms with Gasteiger partial charge in [-0.2, -0.15) is 5.26 Å². The number of aromatic nitrogens is 1. The summed E-state index contributed by atoms with van der Waals surface area (Å²) in [6.07, 6.45) is 6.31. The van der Waals surface area contributed by atoms with E-state index >= 15 is 0 Å². The molecule has 0 spiro atoms. The Morgan fingerprint density at radius 1 is 1.12 bits per heavy atom. The molecule has 3 N–H and O–H groups in total. The van der Waals surface area contributed by atoms with Crippen LogP contribution in [0.4, 0.5) is 11.5 Å². The minimum absolute atomic E-state index is 0.0376. The number of hydrogen-bond donors (Lipinski definition) is 1. The first-order valence-corrected chi connectivity index (χ1v) is 8.13. The molecule has 0 unspecified atom stereocenters. The molecular weight excluding hydrogens is 304 g/mol. The van der Waals surface area contributed by atoms with Crippen LogP contribution in [-0.2, 0) is 12.8 Å². The molecule has 24 heavy (non-hydrogen) atoms. The van der Waals surface area contributed by atoms with E-state index in [-0.39, 0.29) is 5.69 Å². The third kappa shape index (κ3) is 2.93. The highest BCUT2D eigenvalue weighted by Gasteiger charge is 2.24. The van der Waals surface area contributed by atoms with Crippen LogP contribution in [0, 0.1) is 21.4 Å². The van der Waals surface area contributed by atoms with E-state index in [0.717, 1.165) is 48.1 Å². The van der Waals surface area contributed by atoms with Crippen LogP contribution in [0.3, 0.4) is 0 Å². The normalized spacial score (nSPS) is 14.1. The van der Waals surface area contributed by atoms with Crippen molar-refractivity contribution in [2.45, 2.75) is 38.5 Å². The molecule has 1 aliphatic carbocycles. The van der Waals surface area contributed by atoms with Crippen molar-refractivity contribution in [2.24, 2.45) is 0 Å². The fourth-order valence-electron chi connectivity index (χ4n) is 3.37. The van der Waals surface area contributed by atoms with Crippen LogP contribution < -0.4 is 10.7 Å². The minimum Gasteiger partial charge on any atom is -0.286 e. The number of nitrogens with two attached hydrogens (primary N) is 1. The first-order valence-electron chi connectivity index (χ1n) is 8.13. The standard InChI is InChI=1S/C18H18N4O2/c19-11-15-17(12-7-9-13(10-8-12)22(23)24)14-5-3-1-2-4-6-16(14)21-18(15)20/h7-10H,1-6H2,(H2,20,21)/p+1. The molecule has 6 heteroatoms. The van der Waals surface area contributed by atoms with Crippen molar-refractivity contribution in [3.63, 3.8) is 0 Å². The van der Waals surface area contributed by atoms with Crippen molar-refractivity contribution >= 4 is 11.5 Å². The molecule has 0 aliphatic heterocycles. The lowest BCUT2D eigenvalue weighted by atomic mass is 9.88. The number of nitriles is 1. The first kappa shape index (κ1) is 15.9. The Balaban J connectivity index is 2.20. The first-order chi connectivity index (χ1) is 11.6. The smallest absolute Gasteiger partial charge is 0.286 e. The van der Waals surface area contributed by atoms with E-state index < -0.39 is 4.92 Å². The van der Waals surface area contributed by atoms with Crippen LogP contribution >= 0.6 is 0 Å². The van der Waals surface area contributed by atoms with Gasteiger partial charge >= 0.3 is 0 Å². The molecule has 0 radical (unpaired) electrons. The summed E-state index contributed by atoms with van der Waals surface area (Å²) in [4.78, 5) is 13.6. The van der Waals surface area contributed by atoms with Crippen molar-refractivity contribution in [1.29, 1.82) is 5.26 Å². The lowest BCUT2D eigenvalue weighted by Gasteiger charge is -2.17. The van der Waals surface area contributed by atoms with Gasteiger partial charge in [0, 0.05) is 29.7 Å². The molecule has 1 aromatic carbocycles. The number of benzene rings is 1. The van der Waals surface area contributed by atoms with Gasteiger partial charge in [0.05, 0.1) is 4.92 Å². The van der Waals surface area contributed by atoms with Crippen molar-refractivity contribution in [2.75, 3.05) is 5.73 Å².